The third-order valence-electron chi connectivity index (χ3n) is 3.45. The predicted molar refractivity (Wildman–Crippen MR) is 87.6 cm³/mol. The molecule has 3 heteroatoms. The molecule has 0 aliphatic heterocycles. The Kier molecular flexibility index (Phi) is 4.09. The quantitative estimate of drug-likeness (QED) is 0.768. The van der Waals surface area contributed by atoms with E-state index in [1.165, 1.54) is 0 Å². The maximum absolute atomic E-state index is 6.22. The minimum Gasteiger partial charge on any atom is -0.488 e. The van der Waals surface area contributed by atoms with Crippen LogP contribution in [0.3, 0.4) is 0 Å². The first-order valence-electron chi connectivity index (χ1n) is 6.86. The van der Waals surface area contributed by atoms with Gasteiger partial charge in [0, 0.05) is 22.3 Å². The molecule has 0 aromatic heterocycles. The Morgan fingerprint density at radius 2 is 1.62 bits per heavy atom. The van der Waals surface area contributed by atoms with Crippen molar-refractivity contribution in [2.75, 3.05) is 0 Å². The molecule has 0 saturated carbocycles. The summed E-state index contributed by atoms with van der Waals surface area (Å²) in [6, 6.07) is 19.9. The Morgan fingerprint density at radius 3 is 2.43 bits per heavy atom. The second-order valence-corrected chi connectivity index (χ2v) is 5.31. The highest BCUT2D eigenvalue weighted by atomic mass is 35.5. The summed E-state index contributed by atoms with van der Waals surface area (Å²) in [5, 5.41) is 2.77. The molecule has 0 fully saturated rings. The Bertz CT molecular complexity index is 770. The second kappa shape index (κ2) is 6.17. The molecule has 0 aliphatic carbocycles. The Morgan fingerprint density at radius 1 is 0.857 bits per heavy atom. The van der Waals surface area contributed by atoms with Crippen LogP contribution in [0.1, 0.15) is 11.1 Å². The minimum atomic E-state index is 0.513. The van der Waals surface area contributed by atoms with Crippen molar-refractivity contribution in [2.45, 2.75) is 13.2 Å². The molecule has 21 heavy (non-hydrogen) atoms. The number of fused-ring (bicyclic) bond motifs is 1. The van der Waals surface area contributed by atoms with Crippen LogP contribution >= 0.6 is 11.6 Å². The van der Waals surface area contributed by atoms with Gasteiger partial charge >= 0.3 is 0 Å². The second-order valence-electron chi connectivity index (χ2n) is 4.90. The maximum atomic E-state index is 6.22. The van der Waals surface area contributed by atoms with E-state index in [1.54, 1.807) is 0 Å². The van der Waals surface area contributed by atoms with Crippen LogP contribution in [0, 0.1) is 0 Å². The van der Waals surface area contributed by atoms with Gasteiger partial charge in [-0.15, -0.1) is 0 Å². The van der Waals surface area contributed by atoms with E-state index < -0.39 is 0 Å². The van der Waals surface area contributed by atoms with Crippen LogP contribution in [0.4, 0.5) is 0 Å². The lowest BCUT2D eigenvalue weighted by Gasteiger charge is -2.11. The summed E-state index contributed by atoms with van der Waals surface area (Å²) in [7, 11) is 0. The molecule has 0 amide bonds. The average molecular weight is 298 g/mol. The summed E-state index contributed by atoms with van der Waals surface area (Å²) < 4.78 is 5.96. The van der Waals surface area contributed by atoms with E-state index in [0.717, 1.165) is 32.7 Å². The Labute approximate surface area is 129 Å². The largest absolute Gasteiger partial charge is 0.488 e. The van der Waals surface area contributed by atoms with Gasteiger partial charge < -0.3 is 10.5 Å². The molecule has 0 aliphatic rings. The normalized spacial score (nSPS) is 10.8. The first-order valence-corrected chi connectivity index (χ1v) is 7.23. The zero-order valence-electron chi connectivity index (χ0n) is 11.6. The molecule has 3 rings (SSSR count). The number of hydrogen-bond donors (Lipinski definition) is 1. The summed E-state index contributed by atoms with van der Waals surface area (Å²) in [5.41, 5.74) is 7.88. The number of rotatable bonds is 4. The van der Waals surface area contributed by atoms with E-state index in [1.807, 2.05) is 54.6 Å². The van der Waals surface area contributed by atoms with Crippen LogP contribution in [-0.2, 0) is 13.2 Å². The third kappa shape index (κ3) is 3.02. The number of benzene rings is 3. The fourth-order valence-electron chi connectivity index (χ4n) is 2.37. The van der Waals surface area contributed by atoms with Gasteiger partial charge in [-0.2, -0.15) is 0 Å². The van der Waals surface area contributed by atoms with Crippen molar-refractivity contribution in [3.8, 4) is 5.75 Å². The average Bonchev–Trinajstić information content (AvgIpc) is 2.55. The summed E-state index contributed by atoms with van der Waals surface area (Å²) in [4.78, 5) is 0. The van der Waals surface area contributed by atoms with Crippen molar-refractivity contribution in [3.63, 3.8) is 0 Å². The highest BCUT2D eigenvalue weighted by Crippen LogP contribution is 2.31. The van der Waals surface area contributed by atoms with Crippen LogP contribution < -0.4 is 10.5 Å². The molecule has 0 spiro atoms. The molecule has 0 atom stereocenters. The molecule has 3 aromatic rings. The third-order valence-corrected chi connectivity index (χ3v) is 3.78. The molecular formula is C18H16ClNO. The highest BCUT2D eigenvalue weighted by Gasteiger charge is 2.05. The lowest BCUT2D eigenvalue weighted by atomic mass is 10.1. The van der Waals surface area contributed by atoms with E-state index in [9.17, 15) is 0 Å². The van der Waals surface area contributed by atoms with Gasteiger partial charge in [0.25, 0.3) is 0 Å². The Balaban J connectivity index is 1.87. The number of hydrogen-bond acceptors (Lipinski definition) is 2. The fourth-order valence-corrected chi connectivity index (χ4v) is 2.60. The first-order chi connectivity index (χ1) is 10.3. The summed E-state index contributed by atoms with van der Waals surface area (Å²) >= 11 is 6.22. The lowest BCUT2D eigenvalue weighted by Crippen LogP contribution is -2.00. The summed E-state index contributed by atoms with van der Waals surface area (Å²) in [5.74, 6) is 0.841. The van der Waals surface area contributed by atoms with Crippen molar-refractivity contribution in [3.05, 3.63) is 76.8 Å². The van der Waals surface area contributed by atoms with Gasteiger partial charge in [-0.1, -0.05) is 60.1 Å². The molecule has 0 bridgehead atoms. The van der Waals surface area contributed by atoms with Crippen LogP contribution in [0.25, 0.3) is 10.8 Å². The van der Waals surface area contributed by atoms with Gasteiger partial charge in [-0.3, -0.25) is 0 Å². The zero-order valence-corrected chi connectivity index (χ0v) is 12.3. The molecule has 3 aromatic carbocycles. The minimum absolute atomic E-state index is 0.513. The molecule has 2 N–H and O–H groups in total. The lowest BCUT2D eigenvalue weighted by molar-refractivity contribution is 0.310. The van der Waals surface area contributed by atoms with Crippen molar-refractivity contribution in [2.24, 2.45) is 5.73 Å². The van der Waals surface area contributed by atoms with Gasteiger partial charge in [0.15, 0.2) is 0 Å². The van der Waals surface area contributed by atoms with Crippen molar-refractivity contribution < 1.29 is 4.74 Å². The summed E-state index contributed by atoms with van der Waals surface area (Å²) in [6.07, 6.45) is 0. The van der Waals surface area contributed by atoms with E-state index >= 15 is 0 Å². The van der Waals surface area contributed by atoms with E-state index in [2.05, 4.69) is 6.07 Å². The topological polar surface area (TPSA) is 35.2 Å². The molecule has 106 valence electrons. The van der Waals surface area contributed by atoms with Gasteiger partial charge in [-0.05, 0) is 23.3 Å². The van der Waals surface area contributed by atoms with E-state index in [0.29, 0.717) is 13.2 Å². The van der Waals surface area contributed by atoms with Crippen molar-refractivity contribution in [1.82, 2.24) is 0 Å². The van der Waals surface area contributed by atoms with Gasteiger partial charge in [0.2, 0.25) is 0 Å². The Hall–Kier alpha value is -2.03. The number of halogens is 1. The van der Waals surface area contributed by atoms with Crippen molar-refractivity contribution in [1.29, 1.82) is 0 Å². The molecular weight excluding hydrogens is 282 g/mol. The molecule has 0 unspecified atom stereocenters. The highest BCUT2D eigenvalue weighted by molar-refractivity contribution is 6.35. The van der Waals surface area contributed by atoms with Gasteiger partial charge in [0.1, 0.15) is 12.4 Å². The van der Waals surface area contributed by atoms with E-state index in [4.69, 9.17) is 22.1 Å². The first kappa shape index (κ1) is 13.9. The van der Waals surface area contributed by atoms with Crippen LogP contribution in [0.2, 0.25) is 5.02 Å². The molecule has 0 radical (unpaired) electrons. The van der Waals surface area contributed by atoms with Gasteiger partial charge in [-0.25, -0.2) is 0 Å². The number of nitrogens with two attached hydrogens (primary N) is 1. The maximum Gasteiger partial charge on any atom is 0.127 e. The predicted octanol–water partition coefficient (Wildman–Crippen LogP) is 4.53. The van der Waals surface area contributed by atoms with Crippen LogP contribution in [0.15, 0.2) is 60.7 Å². The smallest absolute Gasteiger partial charge is 0.127 e. The monoisotopic (exact) mass is 297 g/mol. The van der Waals surface area contributed by atoms with Crippen LogP contribution in [-0.4, -0.2) is 0 Å². The summed E-state index contributed by atoms with van der Waals surface area (Å²) in [6.45, 7) is 1.05. The SMILES string of the molecule is NCc1cccc(COc2ccc(Cl)c3ccccc23)c1. The molecule has 0 heterocycles. The molecule has 0 saturated heterocycles. The van der Waals surface area contributed by atoms with E-state index in [-0.39, 0.29) is 0 Å². The fraction of sp³-hybridized carbons (Fsp3) is 0.111. The van der Waals surface area contributed by atoms with Crippen LogP contribution in [0.5, 0.6) is 5.75 Å². The molecule has 2 nitrogen and oxygen atoms in total. The number of ether oxygens (including phenoxy) is 1. The zero-order chi connectivity index (χ0) is 14.7. The van der Waals surface area contributed by atoms with Gasteiger partial charge in [0.05, 0.1) is 0 Å². The van der Waals surface area contributed by atoms with Crippen molar-refractivity contribution >= 4 is 22.4 Å². The standard InChI is InChI=1S/C18H16ClNO/c19-17-8-9-18(16-7-2-1-6-15(16)17)21-12-14-5-3-4-13(10-14)11-20/h1-10H,11-12,20H2.